The Hall–Kier alpha value is -3.59. The molecule has 0 aliphatic carbocycles. The topological polar surface area (TPSA) is 112 Å². The molecule has 9 heteroatoms. The highest BCUT2D eigenvalue weighted by atomic mass is 16.5. The summed E-state index contributed by atoms with van der Waals surface area (Å²) in [5, 5.41) is 11.7. The molecule has 9 nitrogen and oxygen atoms in total. The van der Waals surface area contributed by atoms with Gasteiger partial charge in [0.1, 0.15) is 5.75 Å². The second-order valence-electron chi connectivity index (χ2n) is 8.67. The summed E-state index contributed by atoms with van der Waals surface area (Å²) in [5.41, 5.74) is 1.72. The zero-order valence-electron chi connectivity index (χ0n) is 19.3. The molecule has 0 saturated carbocycles. The number of carbonyl (C=O) groups excluding carboxylic acids is 3. The molecule has 0 unspecified atom stereocenters. The molecule has 2 aliphatic rings. The highest BCUT2D eigenvalue weighted by molar-refractivity contribution is 5.89. The second kappa shape index (κ2) is 11.0. The van der Waals surface area contributed by atoms with E-state index in [1.807, 2.05) is 54.6 Å². The molecule has 4 amide bonds. The molecule has 2 fully saturated rings. The molecule has 34 heavy (non-hydrogen) atoms. The summed E-state index contributed by atoms with van der Waals surface area (Å²) >= 11 is 0. The summed E-state index contributed by atoms with van der Waals surface area (Å²) < 4.78 is 5.15. The second-order valence-corrected chi connectivity index (χ2v) is 8.67. The van der Waals surface area contributed by atoms with Crippen LogP contribution in [0.15, 0.2) is 54.6 Å². The molecule has 2 saturated heterocycles. The van der Waals surface area contributed by atoms with Crippen LogP contribution in [0.25, 0.3) is 0 Å². The molecule has 2 aliphatic heterocycles. The van der Waals surface area contributed by atoms with Crippen molar-refractivity contribution in [2.75, 3.05) is 25.5 Å². The number of benzene rings is 2. The fourth-order valence-electron chi connectivity index (χ4n) is 4.55. The number of nitrogens with one attached hydrogen (secondary N) is 4. The molecule has 3 atom stereocenters. The van der Waals surface area contributed by atoms with Crippen molar-refractivity contribution in [1.82, 2.24) is 20.9 Å². The van der Waals surface area contributed by atoms with Crippen molar-refractivity contribution < 1.29 is 19.1 Å². The molecule has 0 radical (unpaired) electrons. The first kappa shape index (κ1) is 23.6. The van der Waals surface area contributed by atoms with Crippen LogP contribution in [-0.2, 0) is 16.1 Å². The molecule has 2 aromatic carbocycles. The molecule has 4 rings (SSSR count). The lowest BCUT2D eigenvalue weighted by atomic mass is 10.0. The minimum absolute atomic E-state index is 0.0204. The number of anilines is 1. The van der Waals surface area contributed by atoms with Gasteiger partial charge < -0.3 is 26.0 Å². The van der Waals surface area contributed by atoms with Gasteiger partial charge in [-0.05, 0) is 42.7 Å². The summed E-state index contributed by atoms with van der Waals surface area (Å²) in [4.78, 5) is 39.3. The summed E-state index contributed by atoms with van der Waals surface area (Å²) in [6, 6.07) is 16.2. The molecule has 0 aromatic heterocycles. The Morgan fingerprint density at radius 3 is 2.62 bits per heavy atom. The van der Waals surface area contributed by atoms with Crippen LogP contribution in [0.4, 0.5) is 10.5 Å². The van der Waals surface area contributed by atoms with Crippen LogP contribution >= 0.6 is 0 Å². The van der Waals surface area contributed by atoms with Crippen molar-refractivity contribution >= 4 is 23.5 Å². The number of piperazine rings is 1. The zero-order valence-corrected chi connectivity index (χ0v) is 19.3. The number of rotatable bonds is 8. The maximum Gasteiger partial charge on any atom is 0.319 e. The van der Waals surface area contributed by atoms with Gasteiger partial charge in [0.2, 0.25) is 11.8 Å². The van der Waals surface area contributed by atoms with E-state index in [9.17, 15) is 14.4 Å². The monoisotopic (exact) mass is 465 g/mol. The normalized spacial score (nSPS) is 21.8. The van der Waals surface area contributed by atoms with Crippen LogP contribution in [0.2, 0.25) is 0 Å². The van der Waals surface area contributed by atoms with Crippen molar-refractivity contribution in [2.45, 2.75) is 43.9 Å². The smallest absolute Gasteiger partial charge is 0.319 e. The van der Waals surface area contributed by atoms with Gasteiger partial charge in [-0.15, -0.1) is 0 Å². The Bertz CT molecular complexity index is 998. The van der Waals surface area contributed by atoms with Gasteiger partial charge in [-0.2, -0.15) is 0 Å². The minimum atomic E-state index is -0.289. The van der Waals surface area contributed by atoms with E-state index in [0.29, 0.717) is 44.6 Å². The predicted octanol–water partition coefficient (Wildman–Crippen LogP) is 1.85. The summed E-state index contributed by atoms with van der Waals surface area (Å²) in [7, 11) is 1.62. The Kier molecular flexibility index (Phi) is 7.64. The fourth-order valence-corrected chi connectivity index (χ4v) is 4.55. The maximum absolute atomic E-state index is 12.4. The largest absolute Gasteiger partial charge is 0.497 e. The Morgan fingerprint density at radius 1 is 1.12 bits per heavy atom. The molecule has 0 spiro atoms. The Morgan fingerprint density at radius 2 is 1.88 bits per heavy atom. The zero-order chi connectivity index (χ0) is 23.9. The lowest BCUT2D eigenvalue weighted by Crippen LogP contribution is -2.58. The number of hydrogen-bond donors (Lipinski definition) is 4. The van der Waals surface area contributed by atoms with E-state index in [4.69, 9.17) is 4.74 Å². The van der Waals surface area contributed by atoms with Crippen LogP contribution in [0.3, 0.4) is 0 Å². The minimum Gasteiger partial charge on any atom is -0.497 e. The number of methoxy groups -OCH3 is 1. The first-order chi connectivity index (χ1) is 16.5. The van der Waals surface area contributed by atoms with Crippen LogP contribution in [0.1, 0.15) is 24.8 Å². The quantitative estimate of drug-likeness (QED) is 0.476. The van der Waals surface area contributed by atoms with Crippen LogP contribution in [0.5, 0.6) is 5.75 Å². The summed E-state index contributed by atoms with van der Waals surface area (Å²) in [5.74, 6) is 0.730. The number of urea groups is 1. The van der Waals surface area contributed by atoms with E-state index in [2.05, 4.69) is 26.2 Å². The van der Waals surface area contributed by atoms with E-state index < -0.39 is 0 Å². The van der Waals surface area contributed by atoms with Crippen LogP contribution in [0, 0.1) is 0 Å². The van der Waals surface area contributed by atoms with Crippen molar-refractivity contribution in [1.29, 1.82) is 0 Å². The molecular formula is C25H31N5O4. The number of ether oxygens (including phenoxy) is 1. The van der Waals surface area contributed by atoms with Crippen molar-refractivity contribution in [3.8, 4) is 5.75 Å². The lowest BCUT2D eigenvalue weighted by Gasteiger charge is -2.37. The molecule has 0 bridgehead atoms. The Labute approximate surface area is 199 Å². The third-order valence-corrected chi connectivity index (χ3v) is 6.34. The van der Waals surface area contributed by atoms with Crippen molar-refractivity contribution in [2.24, 2.45) is 0 Å². The van der Waals surface area contributed by atoms with Crippen LogP contribution in [-0.4, -0.2) is 61.1 Å². The summed E-state index contributed by atoms with van der Waals surface area (Å²) in [6.45, 7) is 1.54. The van der Waals surface area contributed by atoms with Gasteiger partial charge >= 0.3 is 6.03 Å². The molecule has 2 heterocycles. The number of para-hydroxylation sites is 1. The van der Waals surface area contributed by atoms with Crippen molar-refractivity contribution in [3.63, 3.8) is 0 Å². The maximum atomic E-state index is 12.4. The molecular weight excluding hydrogens is 434 g/mol. The van der Waals surface area contributed by atoms with Crippen molar-refractivity contribution in [3.05, 3.63) is 60.2 Å². The number of fused-ring (bicyclic) bond motifs is 1. The third-order valence-electron chi connectivity index (χ3n) is 6.34. The molecule has 4 N–H and O–H groups in total. The number of amides is 4. The van der Waals surface area contributed by atoms with Crippen LogP contribution < -0.4 is 26.0 Å². The number of nitrogens with zero attached hydrogens (tertiary/aromatic N) is 1. The van der Waals surface area contributed by atoms with Gasteiger partial charge in [0.05, 0.1) is 13.2 Å². The van der Waals surface area contributed by atoms with Gasteiger partial charge in [0.15, 0.2) is 0 Å². The Balaban J connectivity index is 1.24. The van der Waals surface area contributed by atoms with Gasteiger partial charge in [-0.25, -0.2) is 4.79 Å². The van der Waals surface area contributed by atoms with E-state index >= 15 is 0 Å². The highest BCUT2D eigenvalue weighted by Crippen LogP contribution is 2.26. The SMILES string of the molecule is COc1ccc(CNC(=O)CC[C@@H]2CNC(=O)[C@@H]3C[C@H](NC(=O)Nc4ccccc4)CN23)cc1. The van der Waals surface area contributed by atoms with Gasteiger partial charge in [-0.1, -0.05) is 30.3 Å². The van der Waals surface area contributed by atoms with Gasteiger partial charge in [0.25, 0.3) is 0 Å². The van der Waals surface area contributed by atoms with Gasteiger partial charge in [-0.3, -0.25) is 14.5 Å². The lowest BCUT2D eigenvalue weighted by molar-refractivity contribution is -0.129. The number of hydrogen-bond acceptors (Lipinski definition) is 5. The first-order valence-electron chi connectivity index (χ1n) is 11.6. The highest BCUT2D eigenvalue weighted by Gasteiger charge is 2.43. The average molecular weight is 466 g/mol. The molecule has 180 valence electrons. The predicted molar refractivity (Wildman–Crippen MR) is 128 cm³/mol. The van der Waals surface area contributed by atoms with E-state index in [1.54, 1.807) is 7.11 Å². The number of carbonyl (C=O) groups is 3. The van der Waals surface area contributed by atoms with E-state index in [-0.39, 0.29) is 36.0 Å². The summed E-state index contributed by atoms with van der Waals surface area (Å²) in [6.07, 6.45) is 1.55. The third kappa shape index (κ3) is 6.05. The van der Waals surface area contributed by atoms with Gasteiger partial charge in [0, 0.05) is 43.8 Å². The fraction of sp³-hybridized carbons (Fsp3) is 0.400. The first-order valence-corrected chi connectivity index (χ1v) is 11.6. The van der Waals surface area contributed by atoms with E-state index in [1.165, 1.54) is 0 Å². The average Bonchev–Trinajstić information content (AvgIpc) is 3.27. The molecule has 2 aromatic rings. The van der Waals surface area contributed by atoms with E-state index in [0.717, 1.165) is 11.3 Å². The standard InChI is InChI=1S/C25H31N5O4/c1-34-21-10-7-17(8-11-21)14-26-23(31)12-9-20-15-27-24(32)22-13-19(16-30(20)22)29-25(33)28-18-5-3-2-4-6-18/h2-8,10-11,19-20,22H,9,12-16H2,1H3,(H,26,31)(H,27,32)(H2,28,29,33)/t19-,20+,22-/m0/s1.